The number of piperazine rings is 1. The number of nitrogens with zero attached hydrogens (tertiary/aromatic N) is 5. The smallest absolute Gasteiger partial charge is 0.246 e. The summed E-state index contributed by atoms with van der Waals surface area (Å²) in [6, 6.07) is 5.64. The molecule has 0 N–H and O–H groups in total. The van der Waals surface area contributed by atoms with Crippen LogP contribution in [0, 0.1) is 0 Å². The molecule has 2 aromatic heterocycles. The number of ether oxygens (including phenoxy) is 1. The fourth-order valence-corrected chi connectivity index (χ4v) is 3.86. The van der Waals surface area contributed by atoms with Crippen molar-refractivity contribution in [2.24, 2.45) is 0 Å². The van der Waals surface area contributed by atoms with Crippen molar-refractivity contribution in [2.75, 3.05) is 59.0 Å². The van der Waals surface area contributed by atoms with Crippen molar-refractivity contribution in [1.82, 2.24) is 24.1 Å². The molecular weight excluding hydrogens is 394 g/mol. The van der Waals surface area contributed by atoms with E-state index in [0.717, 1.165) is 5.65 Å². The zero-order valence-electron chi connectivity index (χ0n) is 16.2. The maximum Gasteiger partial charge on any atom is 0.246 e. The van der Waals surface area contributed by atoms with Gasteiger partial charge in [0, 0.05) is 51.5 Å². The Morgan fingerprint density at radius 3 is 2.59 bits per heavy atom. The Hall–Kier alpha value is -2.42. The predicted molar refractivity (Wildman–Crippen MR) is 110 cm³/mol. The third kappa shape index (κ3) is 4.60. The summed E-state index contributed by atoms with van der Waals surface area (Å²) in [5.41, 5.74) is 1.42. The summed E-state index contributed by atoms with van der Waals surface area (Å²) in [5, 5.41) is 0.367. The number of halogens is 1. The number of pyridine rings is 1. The summed E-state index contributed by atoms with van der Waals surface area (Å²) in [7, 11) is 0. The lowest BCUT2D eigenvalue weighted by atomic mass is 10.2. The van der Waals surface area contributed by atoms with E-state index in [9.17, 15) is 9.59 Å². The molecular formula is C20H24ClN5O3. The van der Waals surface area contributed by atoms with Crippen molar-refractivity contribution in [3.8, 4) is 0 Å². The summed E-state index contributed by atoms with van der Waals surface area (Å²) in [6.07, 6.45) is 5.11. The molecule has 0 radical (unpaired) electrons. The molecule has 2 saturated heterocycles. The Balaban J connectivity index is 1.30. The van der Waals surface area contributed by atoms with Crippen LogP contribution in [0.4, 0.5) is 0 Å². The molecule has 2 amide bonds. The van der Waals surface area contributed by atoms with Crippen LogP contribution < -0.4 is 0 Å². The Kier molecular flexibility index (Phi) is 6.13. The third-order valence-corrected chi connectivity index (χ3v) is 5.59. The van der Waals surface area contributed by atoms with Gasteiger partial charge in [-0.2, -0.15) is 0 Å². The van der Waals surface area contributed by atoms with E-state index >= 15 is 0 Å². The van der Waals surface area contributed by atoms with E-state index in [1.54, 1.807) is 11.0 Å². The number of amides is 2. The first kappa shape index (κ1) is 19.9. The minimum atomic E-state index is -0.0638. The maximum absolute atomic E-state index is 12.6. The fourth-order valence-electron chi connectivity index (χ4n) is 3.62. The predicted octanol–water partition coefficient (Wildman–Crippen LogP) is 1.00. The van der Waals surface area contributed by atoms with E-state index in [0.29, 0.717) is 69.9 Å². The summed E-state index contributed by atoms with van der Waals surface area (Å²) < 4.78 is 7.14. The Morgan fingerprint density at radius 2 is 1.83 bits per heavy atom. The second-order valence-electron chi connectivity index (χ2n) is 7.14. The van der Waals surface area contributed by atoms with Crippen LogP contribution in [0.3, 0.4) is 0 Å². The molecule has 8 nitrogen and oxygen atoms in total. The molecule has 4 rings (SSSR count). The van der Waals surface area contributed by atoms with E-state index in [1.165, 1.54) is 6.08 Å². The van der Waals surface area contributed by atoms with Gasteiger partial charge < -0.3 is 14.5 Å². The first-order valence-electron chi connectivity index (χ1n) is 9.79. The van der Waals surface area contributed by atoms with Crippen LogP contribution in [0.5, 0.6) is 0 Å². The van der Waals surface area contributed by atoms with Gasteiger partial charge in [0.2, 0.25) is 11.8 Å². The van der Waals surface area contributed by atoms with E-state index < -0.39 is 0 Å². The van der Waals surface area contributed by atoms with Crippen LogP contribution in [0.1, 0.15) is 5.69 Å². The molecule has 0 aromatic carbocycles. The molecule has 2 fully saturated rings. The van der Waals surface area contributed by atoms with Crippen LogP contribution in [0.15, 0.2) is 30.5 Å². The van der Waals surface area contributed by atoms with E-state index in [-0.39, 0.29) is 11.8 Å². The average molecular weight is 418 g/mol. The largest absolute Gasteiger partial charge is 0.378 e. The van der Waals surface area contributed by atoms with Crippen molar-refractivity contribution >= 4 is 35.1 Å². The lowest BCUT2D eigenvalue weighted by molar-refractivity contribution is -0.137. The molecule has 0 spiro atoms. The zero-order valence-corrected chi connectivity index (χ0v) is 16.9. The number of hydrogen-bond donors (Lipinski definition) is 0. The first-order chi connectivity index (χ1) is 14.1. The van der Waals surface area contributed by atoms with Crippen molar-refractivity contribution in [1.29, 1.82) is 0 Å². The molecule has 2 aromatic rings. The number of morpholine rings is 1. The van der Waals surface area contributed by atoms with Crippen molar-refractivity contribution < 1.29 is 14.3 Å². The van der Waals surface area contributed by atoms with Gasteiger partial charge in [0.05, 0.1) is 25.5 Å². The van der Waals surface area contributed by atoms with Crippen molar-refractivity contribution in [3.63, 3.8) is 0 Å². The zero-order chi connectivity index (χ0) is 20.2. The van der Waals surface area contributed by atoms with Crippen LogP contribution in [0.2, 0.25) is 5.15 Å². The standard InChI is InChI=1S/C20H24ClN5O3/c21-20-16(26-6-2-1-3-17(26)22-20)4-5-18(27)24-9-7-23(8-10-24)15-19(28)25-11-13-29-14-12-25/h1-6H,7-15H2. The number of hydrogen-bond acceptors (Lipinski definition) is 5. The second kappa shape index (κ2) is 8.94. The molecule has 0 atom stereocenters. The van der Waals surface area contributed by atoms with Gasteiger partial charge in [-0.1, -0.05) is 17.7 Å². The summed E-state index contributed by atoms with van der Waals surface area (Å²) in [6.45, 7) is 5.50. The van der Waals surface area contributed by atoms with Gasteiger partial charge in [-0.25, -0.2) is 4.98 Å². The Labute approximate surface area is 174 Å². The Bertz CT molecular complexity index is 914. The fraction of sp³-hybridized carbons (Fsp3) is 0.450. The molecule has 0 bridgehead atoms. The molecule has 2 aliphatic heterocycles. The van der Waals surface area contributed by atoms with Gasteiger partial charge in [-0.3, -0.25) is 18.9 Å². The highest BCUT2D eigenvalue weighted by molar-refractivity contribution is 6.31. The number of fused-ring (bicyclic) bond motifs is 1. The molecule has 2 aliphatic rings. The minimum absolute atomic E-state index is 0.0638. The molecule has 9 heteroatoms. The lowest BCUT2D eigenvalue weighted by Crippen LogP contribution is -2.52. The summed E-state index contributed by atoms with van der Waals surface area (Å²) in [4.78, 5) is 35.0. The van der Waals surface area contributed by atoms with Crippen LogP contribution >= 0.6 is 11.6 Å². The van der Waals surface area contributed by atoms with E-state index in [1.807, 2.05) is 33.7 Å². The highest BCUT2D eigenvalue weighted by Crippen LogP contribution is 2.19. The summed E-state index contributed by atoms with van der Waals surface area (Å²) in [5.74, 6) is 0.0707. The number of imidazole rings is 1. The highest BCUT2D eigenvalue weighted by Gasteiger charge is 2.24. The maximum atomic E-state index is 12.6. The van der Waals surface area contributed by atoms with Crippen LogP contribution in [-0.2, 0) is 14.3 Å². The number of rotatable bonds is 4. The van der Waals surface area contributed by atoms with Crippen molar-refractivity contribution in [2.45, 2.75) is 0 Å². The minimum Gasteiger partial charge on any atom is -0.378 e. The molecule has 0 aliphatic carbocycles. The van der Waals surface area contributed by atoms with Gasteiger partial charge in [0.15, 0.2) is 5.15 Å². The quantitative estimate of drug-likeness (QED) is 0.694. The Morgan fingerprint density at radius 1 is 1.07 bits per heavy atom. The first-order valence-corrected chi connectivity index (χ1v) is 10.2. The number of carbonyl (C=O) groups is 2. The molecule has 29 heavy (non-hydrogen) atoms. The van der Waals surface area contributed by atoms with Gasteiger partial charge in [-0.15, -0.1) is 0 Å². The van der Waals surface area contributed by atoms with Gasteiger partial charge in [-0.05, 0) is 18.2 Å². The normalized spacial score (nSPS) is 18.7. The molecule has 0 saturated carbocycles. The average Bonchev–Trinajstić information content (AvgIpc) is 3.08. The van der Waals surface area contributed by atoms with Crippen molar-refractivity contribution in [3.05, 3.63) is 41.3 Å². The SMILES string of the molecule is O=C(C=Cc1c(Cl)nc2ccccn12)N1CCN(CC(=O)N2CCOCC2)CC1. The van der Waals surface area contributed by atoms with Crippen LogP contribution in [-0.4, -0.2) is 94.9 Å². The van der Waals surface area contributed by atoms with Crippen LogP contribution in [0.25, 0.3) is 11.7 Å². The van der Waals surface area contributed by atoms with Gasteiger partial charge >= 0.3 is 0 Å². The summed E-state index contributed by atoms with van der Waals surface area (Å²) >= 11 is 6.21. The van der Waals surface area contributed by atoms with Gasteiger partial charge in [0.25, 0.3) is 0 Å². The second-order valence-corrected chi connectivity index (χ2v) is 7.50. The molecule has 0 unspecified atom stereocenters. The monoisotopic (exact) mass is 417 g/mol. The topological polar surface area (TPSA) is 70.4 Å². The lowest BCUT2D eigenvalue weighted by Gasteiger charge is -2.35. The van der Waals surface area contributed by atoms with Gasteiger partial charge in [0.1, 0.15) is 5.65 Å². The number of aromatic nitrogens is 2. The third-order valence-electron chi connectivity index (χ3n) is 5.31. The molecule has 154 valence electrons. The van der Waals surface area contributed by atoms with E-state index in [4.69, 9.17) is 16.3 Å². The van der Waals surface area contributed by atoms with E-state index in [2.05, 4.69) is 9.88 Å². The molecule has 4 heterocycles. The highest BCUT2D eigenvalue weighted by atomic mass is 35.5. The number of carbonyl (C=O) groups excluding carboxylic acids is 2.